The minimum atomic E-state index is -0.530. The number of aliphatic hydroxyl groups excluding tert-OH is 1. The van der Waals surface area contributed by atoms with Crippen LogP contribution in [0.3, 0.4) is 0 Å². The minimum Gasteiger partial charge on any atom is -0.507 e. The van der Waals surface area contributed by atoms with Crippen LogP contribution in [0.5, 0.6) is 11.5 Å². The first-order valence-corrected chi connectivity index (χ1v) is 15.9. The molecule has 0 saturated heterocycles. The number of rotatable bonds is 11. The van der Waals surface area contributed by atoms with Crippen LogP contribution < -0.4 is 0 Å². The topological polar surface area (TPSA) is 123 Å². The third-order valence-corrected chi connectivity index (χ3v) is 9.22. The fourth-order valence-electron chi connectivity index (χ4n) is 4.95. The summed E-state index contributed by atoms with van der Waals surface area (Å²) in [6, 6.07) is 26.4. The van der Waals surface area contributed by atoms with Gasteiger partial charge in [-0.3, -0.25) is 9.36 Å². The van der Waals surface area contributed by atoms with Crippen LogP contribution in [0.4, 0.5) is 0 Å². The number of fused-ring (bicyclic) bond motifs is 2. The Morgan fingerprint density at radius 1 is 0.795 bits per heavy atom. The highest BCUT2D eigenvalue weighted by atomic mass is 32.2. The normalized spacial score (nSPS) is 11.4. The van der Waals surface area contributed by atoms with E-state index in [2.05, 4.69) is 10.2 Å². The number of aromatic nitrogens is 4. The van der Waals surface area contributed by atoms with Crippen molar-refractivity contribution in [1.82, 2.24) is 19.6 Å². The molecule has 0 amide bonds. The average Bonchev–Trinajstić information content (AvgIpc) is 3.61. The fourth-order valence-corrected chi connectivity index (χ4v) is 6.89. The van der Waals surface area contributed by atoms with E-state index < -0.39 is 5.97 Å². The molecular weight excluding hydrogens is 597 g/mol. The highest BCUT2D eigenvalue weighted by molar-refractivity contribution is 7.98. The average molecular weight is 627 g/mol. The lowest BCUT2D eigenvalue weighted by Crippen LogP contribution is -2.14. The summed E-state index contributed by atoms with van der Waals surface area (Å²) in [5.74, 6) is 1.04. The third-order valence-electron chi connectivity index (χ3n) is 7.20. The number of phenolic OH excluding ortho intramolecular Hbond substituents is 2. The highest BCUT2D eigenvalue weighted by Gasteiger charge is 2.16. The number of thioether (sulfide) groups is 2. The molecule has 6 aromatic rings. The molecule has 11 heteroatoms. The number of aliphatic hydroxyl groups is 1. The van der Waals surface area contributed by atoms with Crippen molar-refractivity contribution in [1.29, 1.82) is 0 Å². The monoisotopic (exact) mass is 626 g/mol. The zero-order valence-corrected chi connectivity index (χ0v) is 25.5. The van der Waals surface area contributed by atoms with Crippen LogP contribution in [0, 0.1) is 0 Å². The molecule has 0 radical (unpaired) electrons. The quantitative estimate of drug-likeness (QED) is 0.113. The van der Waals surface area contributed by atoms with Crippen molar-refractivity contribution >= 4 is 51.0 Å². The van der Waals surface area contributed by atoms with E-state index >= 15 is 0 Å². The van der Waals surface area contributed by atoms with E-state index in [0.29, 0.717) is 23.7 Å². The summed E-state index contributed by atoms with van der Waals surface area (Å²) in [5, 5.41) is 42.8. The maximum absolute atomic E-state index is 12.8. The summed E-state index contributed by atoms with van der Waals surface area (Å²) in [7, 11) is 1.78. The van der Waals surface area contributed by atoms with Crippen LogP contribution in [-0.4, -0.2) is 47.5 Å². The Morgan fingerprint density at radius 3 is 2.00 bits per heavy atom. The van der Waals surface area contributed by atoms with Gasteiger partial charge in [0.15, 0.2) is 5.69 Å². The van der Waals surface area contributed by atoms with Crippen molar-refractivity contribution in [2.75, 3.05) is 6.61 Å². The predicted molar refractivity (Wildman–Crippen MR) is 172 cm³/mol. The SMILES string of the molecule is Cn1nc(C(=O)OCCn2nc(CO)cc2CSc2cc(O)c3ccccc3c2)cc1CSc1cc(O)c2ccccc2c1. The van der Waals surface area contributed by atoms with Crippen molar-refractivity contribution in [2.24, 2.45) is 7.05 Å². The number of aromatic hydroxyl groups is 2. The van der Waals surface area contributed by atoms with Crippen molar-refractivity contribution in [3.8, 4) is 11.5 Å². The van der Waals surface area contributed by atoms with E-state index in [-0.39, 0.29) is 30.4 Å². The molecule has 0 bridgehead atoms. The molecule has 0 spiro atoms. The number of phenols is 2. The Bertz CT molecular complexity index is 1970. The Balaban J connectivity index is 1.05. The van der Waals surface area contributed by atoms with Gasteiger partial charge < -0.3 is 20.1 Å². The first-order chi connectivity index (χ1) is 21.4. The van der Waals surface area contributed by atoms with Crippen LogP contribution >= 0.6 is 23.5 Å². The zero-order valence-electron chi connectivity index (χ0n) is 23.9. The van der Waals surface area contributed by atoms with Gasteiger partial charge in [-0.1, -0.05) is 48.5 Å². The van der Waals surface area contributed by atoms with Gasteiger partial charge in [0.1, 0.15) is 18.1 Å². The lowest BCUT2D eigenvalue weighted by Gasteiger charge is -2.09. The number of carbonyl (C=O) groups excluding carboxylic acids is 1. The van der Waals surface area contributed by atoms with Crippen molar-refractivity contribution in [2.45, 2.75) is 34.4 Å². The maximum atomic E-state index is 12.8. The Morgan fingerprint density at radius 2 is 1.39 bits per heavy atom. The van der Waals surface area contributed by atoms with E-state index in [9.17, 15) is 20.1 Å². The minimum absolute atomic E-state index is 0.0802. The second-order valence-corrected chi connectivity index (χ2v) is 12.3. The van der Waals surface area contributed by atoms with Gasteiger partial charge in [0.05, 0.1) is 18.8 Å². The first kappa shape index (κ1) is 29.6. The molecule has 0 atom stereocenters. The van der Waals surface area contributed by atoms with Gasteiger partial charge in [-0.25, -0.2) is 4.79 Å². The number of nitrogens with zero attached hydrogens (tertiary/aromatic N) is 4. The van der Waals surface area contributed by atoms with Crippen LogP contribution in [0.15, 0.2) is 94.7 Å². The molecule has 9 nitrogen and oxygen atoms in total. The molecule has 0 saturated carbocycles. The number of esters is 1. The molecule has 6 rings (SSSR count). The van der Waals surface area contributed by atoms with E-state index in [0.717, 1.165) is 42.7 Å². The lowest BCUT2D eigenvalue weighted by molar-refractivity contribution is 0.0478. The summed E-state index contributed by atoms with van der Waals surface area (Å²) in [6.45, 7) is 0.192. The molecule has 2 aromatic heterocycles. The largest absolute Gasteiger partial charge is 0.507 e. The van der Waals surface area contributed by atoms with E-state index in [1.807, 2.05) is 66.7 Å². The number of hydrogen-bond donors (Lipinski definition) is 3. The third kappa shape index (κ3) is 6.54. The molecule has 224 valence electrons. The molecule has 0 fully saturated rings. The zero-order chi connectivity index (χ0) is 30.6. The second kappa shape index (κ2) is 13.0. The van der Waals surface area contributed by atoms with Crippen LogP contribution in [0.1, 0.15) is 27.6 Å². The van der Waals surface area contributed by atoms with Crippen molar-refractivity contribution < 1.29 is 24.9 Å². The molecule has 0 aliphatic carbocycles. The fraction of sp³-hybridized carbons (Fsp3) is 0.182. The molecule has 2 heterocycles. The summed E-state index contributed by atoms with van der Waals surface area (Å²) in [6.07, 6.45) is 0. The lowest BCUT2D eigenvalue weighted by atomic mass is 10.1. The Labute approximate surface area is 262 Å². The summed E-state index contributed by atoms with van der Waals surface area (Å²) in [5.41, 5.74) is 2.45. The van der Waals surface area contributed by atoms with E-state index in [4.69, 9.17) is 4.74 Å². The van der Waals surface area contributed by atoms with Crippen LogP contribution in [0.25, 0.3) is 21.5 Å². The van der Waals surface area contributed by atoms with Crippen LogP contribution in [-0.2, 0) is 36.4 Å². The van der Waals surface area contributed by atoms with Gasteiger partial charge in [-0.2, -0.15) is 10.2 Å². The number of carbonyl (C=O) groups is 1. The first-order valence-electron chi connectivity index (χ1n) is 13.9. The number of hydrogen-bond acceptors (Lipinski definition) is 9. The Hall–Kier alpha value is -4.45. The van der Waals surface area contributed by atoms with Gasteiger partial charge in [0, 0.05) is 50.5 Å². The van der Waals surface area contributed by atoms with E-state index in [1.165, 1.54) is 0 Å². The Kier molecular flexibility index (Phi) is 8.78. The number of ether oxygens (including phenoxy) is 1. The van der Waals surface area contributed by atoms with Crippen LogP contribution in [0.2, 0.25) is 0 Å². The molecule has 44 heavy (non-hydrogen) atoms. The highest BCUT2D eigenvalue weighted by Crippen LogP contribution is 2.34. The molecule has 0 unspecified atom stereocenters. The second-order valence-electron chi connectivity index (χ2n) is 10.2. The molecular formula is C33H30N4O5S2. The summed E-state index contributed by atoms with van der Waals surface area (Å²) < 4.78 is 8.92. The standard InChI is InChI=1S/C33H30N4O5S2/c1-36-24(19-43-26-12-21-6-2-4-8-28(21)31(39)16-26)15-30(35-36)33(41)42-11-10-37-25(14-23(18-38)34-37)20-44-27-13-22-7-3-5-9-29(22)32(40)17-27/h2-9,12-17,38-40H,10-11,18-20H2,1H3. The smallest absolute Gasteiger partial charge is 0.358 e. The predicted octanol–water partition coefficient (Wildman–Crippen LogP) is 6.27. The maximum Gasteiger partial charge on any atom is 0.358 e. The number of aryl methyl sites for hydroxylation is 1. The molecule has 4 aromatic carbocycles. The number of benzene rings is 4. The molecule has 0 aliphatic heterocycles. The van der Waals surface area contributed by atoms with Gasteiger partial charge in [0.25, 0.3) is 0 Å². The summed E-state index contributed by atoms with van der Waals surface area (Å²) >= 11 is 3.09. The van der Waals surface area contributed by atoms with Gasteiger partial charge in [0.2, 0.25) is 0 Å². The van der Waals surface area contributed by atoms with Crippen molar-refractivity contribution in [3.63, 3.8) is 0 Å². The summed E-state index contributed by atoms with van der Waals surface area (Å²) in [4.78, 5) is 14.7. The van der Waals surface area contributed by atoms with Crippen molar-refractivity contribution in [3.05, 3.63) is 108 Å². The van der Waals surface area contributed by atoms with Gasteiger partial charge in [-0.05, 0) is 47.2 Å². The van der Waals surface area contributed by atoms with Gasteiger partial charge in [-0.15, -0.1) is 23.5 Å². The van der Waals surface area contributed by atoms with Gasteiger partial charge >= 0.3 is 5.97 Å². The molecule has 3 N–H and O–H groups in total. The van der Waals surface area contributed by atoms with E-state index in [1.54, 1.807) is 58.1 Å². The molecule has 0 aliphatic rings.